The quantitative estimate of drug-likeness (QED) is 0.831. The molecule has 5 heteroatoms. The van der Waals surface area contributed by atoms with Crippen molar-refractivity contribution in [1.29, 1.82) is 0 Å². The van der Waals surface area contributed by atoms with Crippen LogP contribution < -0.4 is 0 Å². The van der Waals surface area contributed by atoms with Crippen LogP contribution in [0.5, 0.6) is 0 Å². The van der Waals surface area contributed by atoms with E-state index in [-0.39, 0.29) is 0 Å². The molecule has 0 bridgehead atoms. The number of piperidine rings is 1. The maximum Gasteiger partial charge on any atom is 0.0945 e. The molecule has 0 unspecified atom stereocenters. The molecule has 3 nitrogen and oxygen atoms in total. The Kier molecular flexibility index (Phi) is 4.76. The van der Waals surface area contributed by atoms with E-state index in [1.807, 2.05) is 24.8 Å². The van der Waals surface area contributed by atoms with Crippen LogP contribution >= 0.6 is 22.9 Å². The molecule has 0 N–H and O–H groups in total. The molecule has 2 aromatic heterocycles. The van der Waals surface area contributed by atoms with E-state index >= 15 is 0 Å². The molecule has 1 aliphatic heterocycles. The monoisotopic (exact) mass is 309 g/mol. The molecule has 0 spiro atoms. The van der Waals surface area contributed by atoms with E-state index in [1.54, 1.807) is 11.3 Å². The fourth-order valence-electron chi connectivity index (χ4n) is 2.95. The number of nitrogens with zero attached hydrogens (tertiary/aromatic N) is 3. The van der Waals surface area contributed by atoms with Gasteiger partial charge in [-0.3, -0.25) is 4.90 Å². The lowest BCUT2D eigenvalue weighted by Crippen LogP contribution is -2.39. The van der Waals surface area contributed by atoms with Crippen LogP contribution in [0.15, 0.2) is 30.9 Å². The maximum absolute atomic E-state index is 6.03. The number of thiophene rings is 1. The molecule has 1 atom stereocenters. The van der Waals surface area contributed by atoms with Gasteiger partial charge in [0.15, 0.2) is 0 Å². The van der Waals surface area contributed by atoms with Gasteiger partial charge in [0.1, 0.15) is 0 Å². The highest BCUT2D eigenvalue weighted by Gasteiger charge is 2.22. The van der Waals surface area contributed by atoms with Crippen LogP contribution in [0.1, 0.15) is 30.6 Å². The van der Waals surface area contributed by atoms with E-state index in [1.165, 1.54) is 37.1 Å². The second-order valence-corrected chi connectivity index (χ2v) is 7.21. The van der Waals surface area contributed by atoms with Crippen molar-refractivity contribution in [3.63, 3.8) is 0 Å². The van der Waals surface area contributed by atoms with Crippen molar-refractivity contribution in [2.75, 3.05) is 6.54 Å². The van der Waals surface area contributed by atoms with Crippen LogP contribution in [0.2, 0.25) is 4.34 Å². The predicted molar refractivity (Wildman–Crippen MR) is 84.2 cm³/mol. The zero-order chi connectivity index (χ0) is 13.8. The number of hydrogen-bond donors (Lipinski definition) is 0. The predicted octanol–water partition coefficient (Wildman–Crippen LogP) is 4.04. The van der Waals surface area contributed by atoms with E-state index in [9.17, 15) is 0 Å². The Hall–Kier alpha value is -0.840. The standard InChI is InChI=1S/C15H20ClN3S/c16-15-5-4-14(20-15)11-19-8-2-1-3-13(19)6-9-18-10-7-17-12-18/h4-5,7,10,12-13H,1-3,6,8-9,11H2/t13-/m1/s1. The van der Waals surface area contributed by atoms with E-state index < -0.39 is 0 Å². The SMILES string of the molecule is Clc1ccc(CN2CCCC[C@@H]2CCn2ccnc2)s1. The lowest BCUT2D eigenvalue weighted by molar-refractivity contribution is 0.129. The van der Waals surface area contributed by atoms with Crippen LogP contribution in [0.4, 0.5) is 0 Å². The molecule has 3 heterocycles. The molecular weight excluding hydrogens is 290 g/mol. The summed E-state index contributed by atoms with van der Waals surface area (Å²) in [4.78, 5) is 8.12. The Bertz CT molecular complexity index is 523. The van der Waals surface area contributed by atoms with Gasteiger partial charge in [0.2, 0.25) is 0 Å². The highest BCUT2D eigenvalue weighted by atomic mass is 35.5. The largest absolute Gasteiger partial charge is 0.337 e. The van der Waals surface area contributed by atoms with Gasteiger partial charge in [0.05, 0.1) is 10.7 Å². The first kappa shape index (κ1) is 14.1. The summed E-state index contributed by atoms with van der Waals surface area (Å²) in [5.41, 5.74) is 0. The minimum atomic E-state index is 0.687. The van der Waals surface area contributed by atoms with Crippen molar-refractivity contribution in [3.05, 3.63) is 40.1 Å². The first-order valence-electron chi connectivity index (χ1n) is 7.25. The summed E-state index contributed by atoms with van der Waals surface area (Å²) < 4.78 is 3.07. The summed E-state index contributed by atoms with van der Waals surface area (Å²) >= 11 is 7.74. The topological polar surface area (TPSA) is 21.1 Å². The van der Waals surface area contributed by atoms with Crippen molar-refractivity contribution >= 4 is 22.9 Å². The number of imidazole rings is 1. The van der Waals surface area contributed by atoms with Gasteiger partial charge < -0.3 is 4.57 Å². The number of likely N-dealkylation sites (tertiary alicyclic amines) is 1. The van der Waals surface area contributed by atoms with Gasteiger partial charge in [-0.05, 0) is 37.9 Å². The summed E-state index contributed by atoms with van der Waals surface area (Å²) in [5.74, 6) is 0. The molecule has 0 amide bonds. The smallest absolute Gasteiger partial charge is 0.0945 e. The van der Waals surface area contributed by atoms with Crippen molar-refractivity contribution in [2.24, 2.45) is 0 Å². The molecule has 3 rings (SSSR count). The van der Waals surface area contributed by atoms with Gasteiger partial charge in [0, 0.05) is 36.4 Å². The van der Waals surface area contributed by atoms with Gasteiger partial charge in [-0.2, -0.15) is 0 Å². The Morgan fingerprint density at radius 3 is 3.05 bits per heavy atom. The van der Waals surface area contributed by atoms with Crippen LogP contribution in [0.25, 0.3) is 0 Å². The summed E-state index contributed by atoms with van der Waals surface area (Å²) in [7, 11) is 0. The number of aryl methyl sites for hydroxylation is 1. The summed E-state index contributed by atoms with van der Waals surface area (Å²) in [6.45, 7) is 3.32. The van der Waals surface area contributed by atoms with E-state index in [2.05, 4.69) is 20.5 Å². The van der Waals surface area contributed by atoms with Crippen molar-refractivity contribution < 1.29 is 0 Å². The summed E-state index contributed by atoms with van der Waals surface area (Å²) in [5, 5.41) is 0. The Morgan fingerprint density at radius 1 is 1.35 bits per heavy atom. The molecule has 0 saturated carbocycles. The first-order valence-corrected chi connectivity index (χ1v) is 8.45. The second-order valence-electron chi connectivity index (χ2n) is 5.42. The zero-order valence-electron chi connectivity index (χ0n) is 11.5. The minimum Gasteiger partial charge on any atom is -0.337 e. The number of aromatic nitrogens is 2. The summed E-state index contributed by atoms with van der Waals surface area (Å²) in [6.07, 6.45) is 11.0. The third-order valence-corrected chi connectivity index (χ3v) is 5.23. The number of rotatable bonds is 5. The normalized spacial score (nSPS) is 20.4. The Morgan fingerprint density at radius 2 is 2.30 bits per heavy atom. The highest BCUT2D eigenvalue weighted by Crippen LogP contribution is 2.27. The molecule has 0 radical (unpaired) electrons. The van der Waals surface area contributed by atoms with Gasteiger partial charge in [-0.25, -0.2) is 4.98 Å². The minimum absolute atomic E-state index is 0.687. The third-order valence-electron chi connectivity index (χ3n) is 4.02. The van der Waals surface area contributed by atoms with Gasteiger partial charge in [0.25, 0.3) is 0 Å². The van der Waals surface area contributed by atoms with Gasteiger partial charge in [-0.1, -0.05) is 18.0 Å². The molecule has 1 aliphatic rings. The third kappa shape index (κ3) is 3.62. The molecule has 1 fully saturated rings. The van der Waals surface area contributed by atoms with Crippen LogP contribution in [0.3, 0.4) is 0 Å². The number of halogens is 1. The molecule has 1 saturated heterocycles. The fraction of sp³-hybridized carbons (Fsp3) is 0.533. The lowest BCUT2D eigenvalue weighted by atomic mass is 9.99. The average molecular weight is 310 g/mol. The van der Waals surface area contributed by atoms with Crippen molar-refractivity contribution in [1.82, 2.24) is 14.5 Å². The molecule has 20 heavy (non-hydrogen) atoms. The fourth-order valence-corrected chi connectivity index (χ4v) is 4.06. The highest BCUT2D eigenvalue weighted by molar-refractivity contribution is 7.16. The lowest BCUT2D eigenvalue weighted by Gasteiger charge is -2.35. The van der Waals surface area contributed by atoms with E-state index in [4.69, 9.17) is 11.6 Å². The average Bonchev–Trinajstić information content (AvgIpc) is 3.10. The molecule has 2 aromatic rings. The van der Waals surface area contributed by atoms with Crippen LogP contribution in [-0.2, 0) is 13.1 Å². The Balaban J connectivity index is 1.58. The van der Waals surface area contributed by atoms with E-state index in [0.29, 0.717) is 6.04 Å². The second kappa shape index (κ2) is 6.74. The zero-order valence-corrected chi connectivity index (χ0v) is 13.1. The Labute approximate surface area is 129 Å². The van der Waals surface area contributed by atoms with Gasteiger partial charge in [-0.15, -0.1) is 11.3 Å². The molecular formula is C15H20ClN3S. The van der Waals surface area contributed by atoms with Crippen LogP contribution in [0, 0.1) is 0 Å². The first-order chi connectivity index (χ1) is 9.81. The van der Waals surface area contributed by atoms with E-state index in [0.717, 1.165) is 17.4 Å². The molecule has 108 valence electrons. The van der Waals surface area contributed by atoms with Crippen molar-refractivity contribution in [2.45, 2.75) is 44.8 Å². The maximum atomic E-state index is 6.03. The molecule has 0 aromatic carbocycles. The summed E-state index contributed by atoms with van der Waals surface area (Å²) in [6, 6.07) is 4.85. The number of hydrogen-bond acceptors (Lipinski definition) is 3. The molecule has 0 aliphatic carbocycles. The van der Waals surface area contributed by atoms with Crippen molar-refractivity contribution in [3.8, 4) is 0 Å². The van der Waals surface area contributed by atoms with Gasteiger partial charge >= 0.3 is 0 Å². The van der Waals surface area contributed by atoms with Crippen LogP contribution in [-0.4, -0.2) is 27.0 Å².